The lowest BCUT2D eigenvalue weighted by Gasteiger charge is -2.19. The number of carbonyl (C=O) groups is 2. The van der Waals surface area contributed by atoms with Crippen LogP contribution in [0.15, 0.2) is 79.1 Å². The van der Waals surface area contributed by atoms with Crippen molar-refractivity contribution in [2.24, 2.45) is 0 Å². The molecule has 1 aromatic heterocycles. The number of benzene rings is 2. The third-order valence-electron chi connectivity index (χ3n) is 4.25. The molecule has 0 fully saturated rings. The van der Waals surface area contributed by atoms with Gasteiger partial charge in [-0.15, -0.1) is 11.8 Å². The van der Waals surface area contributed by atoms with Crippen molar-refractivity contribution in [2.75, 3.05) is 16.8 Å². The van der Waals surface area contributed by atoms with Gasteiger partial charge in [0.05, 0.1) is 17.5 Å². The number of thioether (sulfide) groups is 1. The monoisotopic (exact) mass is 405 g/mol. The molecule has 0 radical (unpaired) electrons. The molecule has 148 valence electrons. The van der Waals surface area contributed by atoms with Gasteiger partial charge >= 0.3 is 0 Å². The zero-order chi connectivity index (χ0) is 20.5. The normalized spacial score (nSPS) is 11.5. The first kappa shape index (κ1) is 20.6. The van der Waals surface area contributed by atoms with Gasteiger partial charge in [0.1, 0.15) is 0 Å². The van der Waals surface area contributed by atoms with E-state index in [4.69, 9.17) is 0 Å². The second-order valence-electron chi connectivity index (χ2n) is 6.60. The molecule has 3 rings (SSSR count). The van der Waals surface area contributed by atoms with Crippen LogP contribution in [0.4, 0.5) is 5.69 Å². The fourth-order valence-electron chi connectivity index (χ4n) is 2.92. The number of nitrogens with zero attached hydrogens (tertiary/aromatic N) is 1. The quantitative estimate of drug-likeness (QED) is 0.595. The summed E-state index contributed by atoms with van der Waals surface area (Å²) in [5, 5.41) is 5.91. The number of carbonyl (C=O) groups excluding carboxylic acids is 2. The first-order valence-electron chi connectivity index (χ1n) is 9.30. The number of anilines is 1. The lowest BCUT2D eigenvalue weighted by atomic mass is 10.00. The Labute approximate surface area is 175 Å². The highest BCUT2D eigenvalue weighted by Crippen LogP contribution is 2.21. The molecule has 2 N–H and O–H groups in total. The minimum Gasteiger partial charge on any atom is -0.344 e. The summed E-state index contributed by atoms with van der Waals surface area (Å²) in [5.74, 6) is 0.175. The van der Waals surface area contributed by atoms with Gasteiger partial charge in [0.2, 0.25) is 11.8 Å². The predicted molar refractivity (Wildman–Crippen MR) is 118 cm³/mol. The molecule has 2 aromatic carbocycles. The van der Waals surface area contributed by atoms with E-state index in [1.807, 2.05) is 73.7 Å². The van der Waals surface area contributed by atoms with E-state index in [9.17, 15) is 9.59 Å². The summed E-state index contributed by atoms with van der Waals surface area (Å²) < 4.78 is 0. The lowest BCUT2D eigenvalue weighted by Crippen LogP contribution is -2.31. The summed E-state index contributed by atoms with van der Waals surface area (Å²) in [6.07, 6.45) is 3.42. The standard InChI is InChI=1S/C23H23N3O2S/c1-17-6-5-9-20(14-17)25-21(27)15-29-16-22(28)26-23(18-7-3-2-4-8-18)19-10-12-24-13-11-19/h2-14,23H,15-16H2,1H3,(H,25,27)(H,26,28). The fraction of sp³-hybridized carbons (Fsp3) is 0.174. The maximum atomic E-state index is 12.5. The molecule has 6 heteroatoms. The molecule has 1 atom stereocenters. The van der Waals surface area contributed by atoms with E-state index in [0.717, 1.165) is 22.4 Å². The Morgan fingerprint density at radius 2 is 1.59 bits per heavy atom. The smallest absolute Gasteiger partial charge is 0.234 e. The van der Waals surface area contributed by atoms with Gasteiger partial charge in [-0.1, -0.05) is 42.5 Å². The summed E-state index contributed by atoms with van der Waals surface area (Å²) in [7, 11) is 0. The third-order valence-corrected chi connectivity index (χ3v) is 5.18. The summed E-state index contributed by atoms with van der Waals surface area (Å²) in [6.45, 7) is 1.97. The Balaban J connectivity index is 1.53. The molecule has 0 saturated carbocycles. The largest absolute Gasteiger partial charge is 0.344 e. The van der Waals surface area contributed by atoms with Crippen LogP contribution < -0.4 is 10.6 Å². The number of hydrogen-bond acceptors (Lipinski definition) is 4. The van der Waals surface area contributed by atoms with Crippen LogP contribution in [0.3, 0.4) is 0 Å². The van der Waals surface area contributed by atoms with Crippen molar-refractivity contribution in [3.05, 3.63) is 95.8 Å². The van der Waals surface area contributed by atoms with Crippen LogP contribution in [0.5, 0.6) is 0 Å². The first-order chi connectivity index (χ1) is 14.1. The number of aryl methyl sites for hydroxylation is 1. The molecule has 1 unspecified atom stereocenters. The van der Waals surface area contributed by atoms with Crippen molar-refractivity contribution in [2.45, 2.75) is 13.0 Å². The van der Waals surface area contributed by atoms with Crippen LogP contribution in [0.2, 0.25) is 0 Å². The fourth-order valence-corrected chi connectivity index (χ4v) is 3.55. The van der Waals surface area contributed by atoms with Gasteiger partial charge in [-0.2, -0.15) is 0 Å². The van der Waals surface area contributed by atoms with E-state index in [1.54, 1.807) is 12.4 Å². The van der Waals surface area contributed by atoms with E-state index in [0.29, 0.717) is 0 Å². The van der Waals surface area contributed by atoms with Crippen LogP contribution in [0.1, 0.15) is 22.7 Å². The van der Waals surface area contributed by atoms with Crippen LogP contribution in [-0.2, 0) is 9.59 Å². The zero-order valence-electron chi connectivity index (χ0n) is 16.2. The molecule has 0 aliphatic heterocycles. The highest BCUT2D eigenvalue weighted by atomic mass is 32.2. The molecule has 5 nitrogen and oxygen atoms in total. The van der Waals surface area contributed by atoms with Crippen LogP contribution >= 0.6 is 11.8 Å². The molecule has 0 aliphatic rings. The summed E-state index contributed by atoms with van der Waals surface area (Å²) in [5.41, 5.74) is 3.80. The highest BCUT2D eigenvalue weighted by Gasteiger charge is 2.17. The maximum Gasteiger partial charge on any atom is 0.234 e. The average molecular weight is 406 g/mol. The zero-order valence-corrected chi connectivity index (χ0v) is 17.0. The molecular formula is C23H23N3O2S. The molecule has 0 bridgehead atoms. The van der Waals surface area contributed by atoms with Gasteiger partial charge < -0.3 is 10.6 Å². The molecule has 29 heavy (non-hydrogen) atoms. The summed E-state index contributed by atoms with van der Waals surface area (Å²) in [6, 6.07) is 20.9. The van der Waals surface area contributed by atoms with E-state index < -0.39 is 0 Å². The third kappa shape index (κ3) is 6.47. The Hall–Kier alpha value is -3.12. The van der Waals surface area contributed by atoms with Crippen LogP contribution in [-0.4, -0.2) is 28.3 Å². The van der Waals surface area contributed by atoms with Gasteiger partial charge in [0.15, 0.2) is 0 Å². The average Bonchev–Trinajstić information content (AvgIpc) is 2.73. The summed E-state index contributed by atoms with van der Waals surface area (Å²) in [4.78, 5) is 28.7. The van der Waals surface area contributed by atoms with Crippen molar-refractivity contribution >= 4 is 29.3 Å². The highest BCUT2D eigenvalue weighted by molar-refractivity contribution is 8.00. The Kier molecular flexibility index (Phi) is 7.41. The van der Waals surface area contributed by atoms with Crippen molar-refractivity contribution < 1.29 is 9.59 Å². The Morgan fingerprint density at radius 3 is 2.31 bits per heavy atom. The van der Waals surface area contributed by atoms with E-state index in [1.165, 1.54) is 11.8 Å². The van der Waals surface area contributed by atoms with Crippen molar-refractivity contribution in [1.82, 2.24) is 10.3 Å². The molecule has 2 amide bonds. The summed E-state index contributed by atoms with van der Waals surface area (Å²) >= 11 is 1.29. The number of hydrogen-bond donors (Lipinski definition) is 2. The van der Waals surface area contributed by atoms with Gasteiger partial charge in [0.25, 0.3) is 0 Å². The van der Waals surface area contributed by atoms with Gasteiger partial charge in [0, 0.05) is 18.1 Å². The van der Waals surface area contributed by atoms with E-state index in [-0.39, 0.29) is 29.4 Å². The van der Waals surface area contributed by atoms with Gasteiger partial charge in [-0.05, 0) is 47.9 Å². The minimum atomic E-state index is -0.256. The lowest BCUT2D eigenvalue weighted by molar-refractivity contribution is -0.119. The Morgan fingerprint density at radius 1 is 0.897 bits per heavy atom. The topological polar surface area (TPSA) is 71.1 Å². The maximum absolute atomic E-state index is 12.5. The number of pyridine rings is 1. The first-order valence-corrected chi connectivity index (χ1v) is 10.5. The predicted octanol–water partition coefficient (Wildman–Crippen LogP) is 3.97. The molecule has 0 saturated heterocycles. The van der Waals surface area contributed by atoms with Crippen molar-refractivity contribution in [1.29, 1.82) is 0 Å². The molecular weight excluding hydrogens is 382 g/mol. The van der Waals surface area contributed by atoms with Crippen LogP contribution in [0.25, 0.3) is 0 Å². The van der Waals surface area contributed by atoms with Crippen LogP contribution in [0, 0.1) is 6.92 Å². The number of nitrogens with one attached hydrogen (secondary N) is 2. The molecule has 0 aliphatic carbocycles. The number of rotatable bonds is 8. The molecule has 3 aromatic rings. The SMILES string of the molecule is Cc1cccc(NC(=O)CSCC(=O)NC(c2ccccc2)c2ccncc2)c1. The number of aromatic nitrogens is 1. The van der Waals surface area contributed by atoms with Gasteiger partial charge in [-0.25, -0.2) is 0 Å². The van der Waals surface area contributed by atoms with Crippen molar-refractivity contribution in [3.8, 4) is 0 Å². The molecule has 0 spiro atoms. The second-order valence-corrected chi connectivity index (χ2v) is 7.59. The Bertz CT molecular complexity index is 909. The van der Waals surface area contributed by atoms with E-state index in [2.05, 4.69) is 15.6 Å². The second kappa shape index (κ2) is 10.4. The van der Waals surface area contributed by atoms with E-state index >= 15 is 0 Å². The van der Waals surface area contributed by atoms with Crippen molar-refractivity contribution in [3.63, 3.8) is 0 Å². The van der Waals surface area contributed by atoms with Gasteiger partial charge in [-0.3, -0.25) is 14.6 Å². The minimum absolute atomic E-state index is 0.121. The number of amides is 2. The molecule has 1 heterocycles.